The molecule has 2 rings (SSSR count). The Balaban J connectivity index is 2.19. The van der Waals surface area contributed by atoms with E-state index in [9.17, 15) is 9.59 Å². The normalized spacial score (nSPS) is 10.5. The Labute approximate surface area is 127 Å². The van der Waals surface area contributed by atoms with Crippen molar-refractivity contribution in [3.63, 3.8) is 0 Å². The monoisotopic (exact) mass is 306 g/mol. The average molecular weight is 306 g/mol. The van der Waals surface area contributed by atoms with Crippen LogP contribution in [0.5, 0.6) is 0 Å². The summed E-state index contributed by atoms with van der Waals surface area (Å²) >= 11 is 1.06. The van der Waals surface area contributed by atoms with Gasteiger partial charge in [0.25, 0.3) is 0 Å². The topological polar surface area (TPSA) is 74.3 Å². The molecule has 0 atom stereocenters. The molecule has 0 saturated carbocycles. The predicted molar refractivity (Wildman–Crippen MR) is 84.3 cm³/mol. The minimum absolute atomic E-state index is 0.0732. The molecule has 0 aliphatic rings. The van der Waals surface area contributed by atoms with Gasteiger partial charge in [-0.25, -0.2) is 0 Å². The molecule has 1 heterocycles. The van der Waals surface area contributed by atoms with Crippen molar-refractivity contribution in [2.24, 2.45) is 0 Å². The van der Waals surface area contributed by atoms with Crippen LogP contribution in [0.2, 0.25) is 0 Å². The molecule has 0 aliphatic carbocycles. The highest BCUT2D eigenvalue weighted by Crippen LogP contribution is 2.22. The maximum atomic E-state index is 11.9. The van der Waals surface area contributed by atoms with Gasteiger partial charge in [0.05, 0.1) is 12.3 Å². The molecule has 0 aliphatic heterocycles. The van der Waals surface area contributed by atoms with Gasteiger partial charge in [-0.15, -0.1) is 0 Å². The highest BCUT2D eigenvalue weighted by molar-refractivity contribution is 7.07. The van der Waals surface area contributed by atoms with Crippen LogP contribution in [0, 0.1) is 0 Å². The second kappa shape index (κ2) is 7.08. The zero-order chi connectivity index (χ0) is 15.2. The minimum Gasteiger partial charge on any atom is -0.464 e. The number of thiazole rings is 1. The van der Waals surface area contributed by atoms with Gasteiger partial charge in [0.15, 0.2) is 0 Å². The molecule has 1 aromatic heterocycles. The van der Waals surface area contributed by atoms with E-state index >= 15 is 0 Å². The van der Waals surface area contributed by atoms with Gasteiger partial charge in [0.1, 0.15) is 6.54 Å². The fraction of sp³-hybridized carbons (Fsp3) is 0.333. The first-order valence-electron chi connectivity index (χ1n) is 6.81. The van der Waals surface area contributed by atoms with Crippen LogP contribution in [0.15, 0.2) is 34.4 Å². The lowest BCUT2D eigenvalue weighted by molar-refractivity contribution is -0.144. The molecule has 0 radical (unpaired) electrons. The molecule has 2 N–H and O–H groups in total. The number of hydrogen-bond donors (Lipinski definition) is 1. The number of rotatable bonds is 6. The average Bonchev–Trinajstić information content (AvgIpc) is 2.81. The van der Waals surface area contributed by atoms with Gasteiger partial charge in [-0.3, -0.25) is 14.2 Å². The molecule has 0 spiro atoms. The van der Waals surface area contributed by atoms with Crippen molar-refractivity contribution in [2.45, 2.75) is 26.3 Å². The van der Waals surface area contributed by atoms with Crippen molar-refractivity contribution in [3.05, 3.63) is 39.3 Å². The largest absolute Gasteiger partial charge is 0.464 e. The number of unbranched alkanes of at least 4 members (excludes halogenated alkanes) is 1. The summed E-state index contributed by atoms with van der Waals surface area (Å²) in [5.41, 5.74) is 7.87. The highest BCUT2D eigenvalue weighted by atomic mass is 32.1. The number of esters is 1. The quantitative estimate of drug-likeness (QED) is 0.505. The van der Waals surface area contributed by atoms with Crippen molar-refractivity contribution < 1.29 is 9.53 Å². The number of carbonyl (C=O) groups is 1. The van der Waals surface area contributed by atoms with E-state index in [2.05, 4.69) is 0 Å². The number of ether oxygens (including phenoxy) is 1. The zero-order valence-electron chi connectivity index (χ0n) is 11.9. The molecule has 0 fully saturated rings. The molecule has 0 bridgehead atoms. The van der Waals surface area contributed by atoms with Crippen molar-refractivity contribution in [1.29, 1.82) is 0 Å². The van der Waals surface area contributed by atoms with Crippen LogP contribution < -0.4 is 10.6 Å². The number of hydrogen-bond acceptors (Lipinski definition) is 5. The second-order valence-corrected chi connectivity index (χ2v) is 5.49. The summed E-state index contributed by atoms with van der Waals surface area (Å²) in [5.74, 6) is -0.394. The van der Waals surface area contributed by atoms with Crippen LogP contribution >= 0.6 is 11.3 Å². The van der Waals surface area contributed by atoms with Gasteiger partial charge >= 0.3 is 10.8 Å². The molecule has 2 aromatic rings. The minimum atomic E-state index is -0.394. The van der Waals surface area contributed by atoms with E-state index in [0.717, 1.165) is 29.7 Å². The van der Waals surface area contributed by atoms with Crippen molar-refractivity contribution >= 4 is 23.0 Å². The van der Waals surface area contributed by atoms with Gasteiger partial charge in [0, 0.05) is 16.6 Å². The van der Waals surface area contributed by atoms with E-state index in [4.69, 9.17) is 10.5 Å². The van der Waals surface area contributed by atoms with E-state index in [0.29, 0.717) is 18.0 Å². The molecule has 1 aromatic carbocycles. The molecule has 21 heavy (non-hydrogen) atoms. The Morgan fingerprint density at radius 2 is 2.24 bits per heavy atom. The first-order chi connectivity index (χ1) is 10.1. The third-order valence-electron chi connectivity index (χ3n) is 3.01. The van der Waals surface area contributed by atoms with E-state index in [1.807, 2.05) is 19.1 Å². The Morgan fingerprint density at radius 3 is 2.95 bits per heavy atom. The molecule has 6 heteroatoms. The first kappa shape index (κ1) is 15.3. The summed E-state index contributed by atoms with van der Waals surface area (Å²) in [6, 6.07) is 7.23. The number of carbonyl (C=O) groups excluding carboxylic acids is 1. The van der Waals surface area contributed by atoms with E-state index < -0.39 is 5.97 Å². The van der Waals surface area contributed by atoms with E-state index in [-0.39, 0.29) is 11.4 Å². The molecule has 0 amide bonds. The summed E-state index contributed by atoms with van der Waals surface area (Å²) in [6.07, 6.45) is 1.78. The smallest absolute Gasteiger partial charge is 0.326 e. The summed E-state index contributed by atoms with van der Waals surface area (Å²) in [5, 5.41) is 1.73. The van der Waals surface area contributed by atoms with Crippen LogP contribution in [-0.2, 0) is 16.1 Å². The van der Waals surface area contributed by atoms with Crippen molar-refractivity contribution in [1.82, 2.24) is 4.57 Å². The van der Waals surface area contributed by atoms with Crippen LogP contribution in [0.1, 0.15) is 19.8 Å². The van der Waals surface area contributed by atoms with Crippen LogP contribution in [0.3, 0.4) is 0 Å². The molecule has 0 unspecified atom stereocenters. The molecular weight excluding hydrogens is 288 g/mol. The van der Waals surface area contributed by atoms with Gasteiger partial charge in [-0.05, 0) is 18.6 Å². The van der Waals surface area contributed by atoms with Crippen LogP contribution in [-0.4, -0.2) is 17.1 Å². The Bertz CT molecular complexity index is 676. The van der Waals surface area contributed by atoms with Crippen LogP contribution in [0.25, 0.3) is 11.3 Å². The Hall–Kier alpha value is -2.08. The van der Waals surface area contributed by atoms with Crippen molar-refractivity contribution in [2.75, 3.05) is 12.3 Å². The Morgan fingerprint density at radius 1 is 1.43 bits per heavy atom. The Kier molecular flexibility index (Phi) is 5.16. The molecule has 5 nitrogen and oxygen atoms in total. The van der Waals surface area contributed by atoms with Crippen LogP contribution in [0.4, 0.5) is 5.69 Å². The second-order valence-electron chi connectivity index (χ2n) is 4.67. The van der Waals surface area contributed by atoms with E-state index in [1.54, 1.807) is 17.5 Å². The summed E-state index contributed by atoms with van der Waals surface area (Å²) < 4.78 is 6.53. The number of anilines is 1. The lowest BCUT2D eigenvalue weighted by Gasteiger charge is -2.08. The summed E-state index contributed by atoms with van der Waals surface area (Å²) in [7, 11) is 0. The number of nitrogens with two attached hydrogens (primary N) is 1. The maximum absolute atomic E-state index is 11.9. The zero-order valence-corrected chi connectivity index (χ0v) is 12.7. The fourth-order valence-corrected chi connectivity index (χ4v) is 2.67. The molecular formula is C15H18N2O3S. The predicted octanol–water partition coefficient (Wildman–Crippen LogP) is 2.50. The number of nitrogens with zero attached hydrogens (tertiary/aromatic N) is 1. The summed E-state index contributed by atoms with van der Waals surface area (Å²) in [4.78, 5) is 23.5. The van der Waals surface area contributed by atoms with Gasteiger partial charge < -0.3 is 10.5 Å². The number of benzene rings is 1. The SMILES string of the molecule is CCCCOC(=O)Cn1c(-c2cccc(N)c2)csc1=O. The maximum Gasteiger partial charge on any atom is 0.326 e. The fourth-order valence-electron chi connectivity index (χ4n) is 1.91. The number of aromatic nitrogens is 1. The van der Waals surface area contributed by atoms with E-state index in [1.165, 1.54) is 4.57 Å². The third-order valence-corrected chi connectivity index (χ3v) is 3.78. The number of nitrogen functional groups attached to an aromatic ring is 1. The molecule has 112 valence electrons. The van der Waals surface area contributed by atoms with Gasteiger partial charge in [0.2, 0.25) is 0 Å². The summed E-state index contributed by atoms with van der Waals surface area (Å²) in [6.45, 7) is 2.34. The highest BCUT2D eigenvalue weighted by Gasteiger charge is 2.13. The van der Waals surface area contributed by atoms with Gasteiger partial charge in [-0.2, -0.15) is 0 Å². The lowest BCUT2D eigenvalue weighted by Crippen LogP contribution is -2.22. The lowest BCUT2D eigenvalue weighted by atomic mass is 10.1. The standard InChI is InChI=1S/C15H18N2O3S/c1-2-3-7-20-14(18)9-17-13(10-21-15(17)19)11-5-4-6-12(16)8-11/h4-6,8,10H,2-3,7,9,16H2,1H3. The first-order valence-corrected chi connectivity index (χ1v) is 7.69. The third kappa shape index (κ3) is 3.95. The van der Waals surface area contributed by atoms with Gasteiger partial charge in [-0.1, -0.05) is 36.8 Å². The molecule has 0 saturated heterocycles. The van der Waals surface area contributed by atoms with Crippen molar-refractivity contribution in [3.8, 4) is 11.3 Å².